The minimum absolute atomic E-state index is 0.0125. The monoisotopic (exact) mass is 279 g/mol. The van der Waals surface area contributed by atoms with Crippen molar-refractivity contribution in [2.45, 2.75) is 52.4 Å². The number of nitrogens with one attached hydrogen (secondary N) is 3. The number of hydrogen-bond donors (Lipinski definition) is 3. The minimum atomic E-state index is -0.429. The van der Waals surface area contributed by atoms with Gasteiger partial charge in [0.25, 0.3) is 0 Å². The summed E-state index contributed by atoms with van der Waals surface area (Å²) in [6.45, 7) is 5.66. The highest BCUT2D eigenvalue weighted by molar-refractivity contribution is 5.89. The van der Waals surface area contributed by atoms with Gasteiger partial charge in [0.2, 0.25) is 11.8 Å². The first kappa shape index (κ1) is 14.5. The SMILES string of the molecule is CCC(=O)Nc1cc(C)nn1C1NC(=O)CC(CC)N1. The number of aryl methyl sites for hydroxylation is 1. The fraction of sp³-hybridized carbons (Fsp3) is 0.615. The number of carbonyl (C=O) groups is 2. The number of amides is 2. The second-order valence-electron chi connectivity index (χ2n) is 4.96. The zero-order valence-corrected chi connectivity index (χ0v) is 12.1. The van der Waals surface area contributed by atoms with E-state index in [-0.39, 0.29) is 17.9 Å². The van der Waals surface area contributed by atoms with Crippen LogP contribution in [0.3, 0.4) is 0 Å². The van der Waals surface area contributed by atoms with Gasteiger partial charge < -0.3 is 10.6 Å². The Morgan fingerprint density at radius 2 is 2.30 bits per heavy atom. The van der Waals surface area contributed by atoms with Crippen LogP contribution >= 0.6 is 0 Å². The topological polar surface area (TPSA) is 88.1 Å². The summed E-state index contributed by atoms with van der Waals surface area (Å²) >= 11 is 0. The second-order valence-corrected chi connectivity index (χ2v) is 4.96. The molecular weight excluding hydrogens is 258 g/mol. The molecule has 7 heteroatoms. The molecule has 2 rings (SSSR count). The fourth-order valence-electron chi connectivity index (χ4n) is 2.19. The van der Waals surface area contributed by atoms with Crippen molar-refractivity contribution < 1.29 is 9.59 Å². The molecular formula is C13H21N5O2. The van der Waals surface area contributed by atoms with Crippen LogP contribution in [0.5, 0.6) is 0 Å². The first-order chi connectivity index (χ1) is 9.53. The van der Waals surface area contributed by atoms with Crippen LogP contribution in [0.25, 0.3) is 0 Å². The number of nitrogens with zero attached hydrogens (tertiary/aromatic N) is 2. The summed E-state index contributed by atoms with van der Waals surface area (Å²) < 4.78 is 1.61. The molecule has 1 fully saturated rings. The molecule has 1 saturated heterocycles. The Labute approximate surface area is 118 Å². The van der Waals surface area contributed by atoms with E-state index in [9.17, 15) is 9.59 Å². The van der Waals surface area contributed by atoms with E-state index in [0.717, 1.165) is 12.1 Å². The number of anilines is 1. The standard InChI is InChI=1S/C13H21N5O2/c1-4-9-7-12(20)16-13(14-9)18-10(6-8(3)17-18)15-11(19)5-2/h6,9,13-14H,4-5,7H2,1-3H3,(H,15,19)(H,16,20). The van der Waals surface area contributed by atoms with Crippen LogP contribution in [-0.2, 0) is 9.59 Å². The van der Waals surface area contributed by atoms with E-state index in [4.69, 9.17) is 0 Å². The Morgan fingerprint density at radius 1 is 1.55 bits per heavy atom. The van der Waals surface area contributed by atoms with Gasteiger partial charge in [-0.3, -0.25) is 14.9 Å². The van der Waals surface area contributed by atoms with Gasteiger partial charge >= 0.3 is 0 Å². The van der Waals surface area contributed by atoms with Gasteiger partial charge in [0, 0.05) is 24.9 Å². The number of hydrogen-bond acceptors (Lipinski definition) is 4. The van der Waals surface area contributed by atoms with Gasteiger partial charge in [-0.1, -0.05) is 13.8 Å². The van der Waals surface area contributed by atoms with Crippen LogP contribution in [0.2, 0.25) is 0 Å². The normalized spacial score (nSPS) is 22.4. The Bertz CT molecular complexity index is 511. The van der Waals surface area contributed by atoms with Crippen LogP contribution in [0, 0.1) is 6.92 Å². The molecule has 20 heavy (non-hydrogen) atoms. The number of carbonyl (C=O) groups excluding carboxylic acids is 2. The summed E-state index contributed by atoms with van der Waals surface area (Å²) in [5.41, 5.74) is 0.783. The largest absolute Gasteiger partial charge is 0.322 e. The fourth-order valence-corrected chi connectivity index (χ4v) is 2.19. The maximum atomic E-state index is 11.7. The van der Waals surface area contributed by atoms with Gasteiger partial charge in [-0.15, -0.1) is 0 Å². The van der Waals surface area contributed by atoms with Gasteiger partial charge in [0.05, 0.1) is 5.69 Å². The average molecular weight is 279 g/mol. The van der Waals surface area contributed by atoms with Crippen molar-refractivity contribution in [3.05, 3.63) is 11.8 Å². The smallest absolute Gasteiger partial charge is 0.225 e. The molecule has 2 atom stereocenters. The molecule has 0 bridgehead atoms. The number of aromatic nitrogens is 2. The van der Waals surface area contributed by atoms with E-state index in [1.54, 1.807) is 17.7 Å². The highest BCUT2D eigenvalue weighted by Crippen LogP contribution is 2.18. The van der Waals surface area contributed by atoms with Crippen molar-refractivity contribution >= 4 is 17.6 Å². The van der Waals surface area contributed by atoms with Gasteiger partial charge in [0.1, 0.15) is 5.82 Å². The van der Waals surface area contributed by atoms with E-state index in [0.29, 0.717) is 18.7 Å². The Hall–Kier alpha value is -1.89. The zero-order valence-electron chi connectivity index (χ0n) is 12.1. The summed E-state index contributed by atoms with van der Waals surface area (Å²) in [6, 6.07) is 1.91. The summed E-state index contributed by atoms with van der Waals surface area (Å²) in [5, 5.41) is 13.3. The third-order valence-corrected chi connectivity index (χ3v) is 3.31. The lowest BCUT2D eigenvalue weighted by Crippen LogP contribution is -2.53. The predicted octanol–water partition coefficient (Wildman–Crippen LogP) is 0.884. The third-order valence-electron chi connectivity index (χ3n) is 3.31. The lowest BCUT2D eigenvalue weighted by atomic mass is 10.1. The van der Waals surface area contributed by atoms with E-state index in [2.05, 4.69) is 21.0 Å². The maximum Gasteiger partial charge on any atom is 0.225 e. The quantitative estimate of drug-likeness (QED) is 0.763. The Morgan fingerprint density at radius 3 is 2.95 bits per heavy atom. The van der Waals surface area contributed by atoms with Crippen LogP contribution in [0.15, 0.2) is 6.07 Å². The molecule has 7 nitrogen and oxygen atoms in total. The third kappa shape index (κ3) is 3.16. The van der Waals surface area contributed by atoms with Gasteiger partial charge in [-0.2, -0.15) is 5.10 Å². The first-order valence-corrected chi connectivity index (χ1v) is 6.94. The lowest BCUT2D eigenvalue weighted by molar-refractivity contribution is -0.125. The van der Waals surface area contributed by atoms with Crippen molar-refractivity contribution in [1.82, 2.24) is 20.4 Å². The molecule has 0 spiro atoms. The van der Waals surface area contributed by atoms with E-state index in [1.807, 2.05) is 13.8 Å². The second kappa shape index (κ2) is 6.04. The molecule has 2 unspecified atom stereocenters. The lowest BCUT2D eigenvalue weighted by Gasteiger charge is -2.31. The molecule has 0 radical (unpaired) electrons. The van der Waals surface area contributed by atoms with Crippen LogP contribution in [-0.4, -0.2) is 27.6 Å². The van der Waals surface area contributed by atoms with Gasteiger partial charge in [-0.05, 0) is 13.3 Å². The summed E-state index contributed by atoms with van der Waals surface area (Å²) in [6.07, 6.45) is 1.29. The van der Waals surface area contributed by atoms with Crippen molar-refractivity contribution in [1.29, 1.82) is 0 Å². The molecule has 2 amide bonds. The summed E-state index contributed by atoms with van der Waals surface area (Å²) in [5.74, 6) is 0.491. The van der Waals surface area contributed by atoms with Gasteiger partial charge in [-0.25, -0.2) is 4.68 Å². The molecule has 1 aromatic heterocycles. The summed E-state index contributed by atoms with van der Waals surface area (Å²) in [7, 11) is 0. The highest BCUT2D eigenvalue weighted by Gasteiger charge is 2.27. The minimum Gasteiger partial charge on any atom is -0.322 e. The van der Waals surface area contributed by atoms with Crippen molar-refractivity contribution in [3.8, 4) is 0 Å². The zero-order chi connectivity index (χ0) is 14.7. The molecule has 1 aliphatic heterocycles. The van der Waals surface area contributed by atoms with Crippen LogP contribution in [0.1, 0.15) is 45.1 Å². The van der Waals surface area contributed by atoms with Crippen molar-refractivity contribution in [3.63, 3.8) is 0 Å². The van der Waals surface area contributed by atoms with Crippen LogP contribution < -0.4 is 16.0 Å². The predicted molar refractivity (Wildman–Crippen MR) is 74.9 cm³/mol. The van der Waals surface area contributed by atoms with Crippen molar-refractivity contribution in [2.75, 3.05) is 5.32 Å². The van der Waals surface area contributed by atoms with Crippen LogP contribution in [0.4, 0.5) is 5.82 Å². The average Bonchev–Trinajstić information content (AvgIpc) is 2.78. The van der Waals surface area contributed by atoms with E-state index < -0.39 is 6.29 Å². The van der Waals surface area contributed by atoms with E-state index >= 15 is 0 Å². The molecule has 1 aromatic rings. The Kier molecular flexibility index (Phi) is 4.39. The Balaban J connectivity index is 2.22. The summed E-state index contributed by atoms with van der Waals surface area (Å²) in [4.78, 5) is 23.3. The first-order valence-electron chi connectivity index (χ1n) is 6.94. The molecule has 0 aromatic carbocycles. The molecule has 110 valence electrons. The molecule has 3 N–H and O–H groups in total. The molecule has 1 aliphatic rings. The maximum absolute atomic E-state index is 11.7. The van der Waals surface area contributed by atoms with E-state index in [1.165, 1.54) is 0 Å². The van der Waals surface area contributed by atoms with Crippen molar-refractivity contribution in [2.24, 2.45) is 0 Å². The molecule has 0 aliphatic carbocycles. The molecule has 0 saturated carbocycles. The number of rotatable bonds is 4. The molecule has 2 heterocycles. The van der Waals surface area contributed by atoms with Gasteiger partial charge in [0.15, 0.2) is 6.29 Å². The highest BCUT2D eigenvalue weighted by atomic mass is 16.2.